The lowest BCUT2D eigenvalue weighted by Crippen LogP contribution is -2.39. The minimum Gasteiger partial charge on any atom is -0.480 e. The molecule has 10 nitrogen and oxygen atoms in total. The normalized spacial score (nSPS) is 11.7. The fourth-order valence-corrected chi connectivity index (χ4v) is 3.22. The molecule has 0 unspecified atom stereocenters. The number of non-ortho nitro benzene ring substituents is 1. The maximum atomic E-state index is 12.2. The molecule has 29 heavy (non-hydrogen) atoms. The average molecular weight is 416 g/mol. The molecule has 0 aliphatic rings. The number of carbonyl (C=O) groups excluding carboxylic acids is 1. The number of nitro benzene ring substituents is 1. The van der Waals surface area contributed by atoms with Gasteiger partial charge in [0.25, 0.3) is 5.69 Å². The van der Waals surface area contributed by atoms with Crippen LogP contribution in [0, 0.1) is 10.1 Å². The lowest BCUT2D eigenvalue weighted by molar-refractivity contribution is -0.384. The van der Waals surface area contributed by atoms with Gasteiger partial charge in [0, 0.05) is 23.1 Å². The molecule has 0 saturated carbocycles. The van der Waals surface area contributed by atoms with Crippen LogP contribution in [-0.2, 0) is 16.1 Å². The SMILES string of the molecule is O=C(C[C@@H](NCc1ccco1)C(=O)O)Nc1nc(-c2cccc([N+](=O)[O-])c2)cs1. The van der Waals surface area contributed by atoms with Gasteiger partial charge in [-0.15, -0.1) is 11.3 Å². The van der Waals surface area contributed by atoms with Crippen LogP contribution in [0.1, 0.15) is 12.2 Å². The number of aromatic nitrogens is 1. The summed E-state index contributed by atoms with van der Waals surface area (Å²) in [5.41, 5.74) is 0.951. The largest absolute Gasteiger partial charge is 0.480 e. The zero-order valence-electron chi connectivity index (χ0n) is 14.9. The quantitative estimate of drug-likeness (QED) is 0.356. The number of amides is 1. The van der Waals surface area contributed by atoms with E-state index in [1.807, 2.05) is 0 Å². The molecule has 1 aromatic carbocycles. The number of nitro groups is 1. The van der Waals surface area contributed by atoms with E-state index in [0.29, 0.717) is 17.0 Å². The molecular formula is C18H16N4O6S. The number of carbonyl (C=O) groups is 2. The van der Waals surface area contributed by atoms with Crippen LogP contribution in [0.3, 0.4) is 0 Å². The van der Waals surface area contributed by atoms with Crippen molar-refractivity contribution in [1.82, 2.24) is 10.3 Å². The number of hydrogen-bond donors (Lipinski definition) is 3. The van der Waals surface area contributed by atoms with Gasteiger partial charge in [-0.25, -0.2) is 4.98 Å². The molecule has 0 bridgehead atoms. The van der Waals surface area contributed by atoms with Crippen LogP contribution in [0.4, 0.5) is 10.8 Å². The summed E-state index contributed by atoms with van der Waals surface area (Å²) < 4.78 is 5.13. The molecule has 11 heteroatoms. The molecule has 3 N–H and O–H groups in total. The smallest absolute Gasteiger partial charge is 0.321 e. The molecule has 150 valence electrons. The summed E-state index contributed by atoms with van der Waals surface area (Å²) in [5, 5.41) is 27.4. The first-order valence-electron chi connectivity index (χ1n) is 8.41. The Bertz CT molecular complexity index is 1020. The number of furan rings is 1. The van der Waals surface area contributed by atoms with Gasteiger partial charge in [-0.2, -0.15) is 0 Å². The van der Waals surface area contributed by atoms with Crippen molar-refractivity contribution in [3.8, 4) is 11.3 Å². The second-order valence-corrected chi connectivity index (χ2v) is 6.81. The summed E-state index contributed by atoms with van der Waals surface area (Å²) in [6.07, 6.45) is 1.17. The highest BCUT2D eigenvalue weighted by Crippen LogP contribution is 2.27. The van der Waals surface area contributed by atoms with Gasteiger partial charge in [0.1, 0.15) is 11.8 Å². The van der Waals surface area contributed by atoms with Gasteiger partial charge in [-0.05, 0) is 12.1 Å². The molecule has 3 aromatic rings. The van der Waals surface area contributed by atoms with Crippen molar-refractivity contribution >= 4 is 34.0 Å². The van der Waals surface area contributed by atoms with Crippen molar-refractivity contribution < 1.29 is 24.0 Å². The predicted octanol–water partition coefficient (Wildman–Crippen LogP) is 2.88. The van der Waals surface area contributed by atoms with Gasteiger partial charge in [0.2, 0.25) is 5.91 Å². The Labute approximate surface area is 168 Å². The van der Waals surface area contributed by atoms with E-state index in [-0.39, 0.29) is 23.8 Å². The van der Waals surface area contributed by atoms with Crippen molar-refractivity contribution in [1.29, 1.82) is 0 Å². The number of anilines is 1. The average Bonchev–Trinajstić information content (AvgIpc) is 3.37. The zero-order chi connectivity index (χ0) is 20.8. The molecule has 0 aliphatic carbocycles. The van der Waals surface area contributed by atoms with Gasteiger partial charge in [-0.3, -0.25) is 25.0 Å². The highest BCUT2D eigenvalue weighted by molar-refractivity contribution is 7.14. The minimum absolute atomic E-state index is 0.0620. The molecule has 0 fully saturated rings. The fourth-order valence-electron chi connectivity index (χ4n) is 2.48. The van der Waals surface area contributed by atoms with E-state index in [4.69, 9.17) is 4.42 Å². The van der Waals surface area contributed by atoms with Crippen molar-refractivity contribution in [2.75, 3.05) is 5.32 Å². The molecule has 0 spiro atoms. The molecule has 0 radical (unpaired) electrons. The second-order valence-electron chi connectivity index (χ2n) is 5.95. The van der Waals surface area contributed by atoms with E-state index in [2.05, 4.69) is 15.6 Å². The van der Waals surface area contributed by atoms with E-state index >= 15 is 0 Å². The lowest BCUT2D eigenvalue weighted by Gasteiger charge is -2.12. The number of carboxylic acid groups (broad SMARTS) is 1. The Balaban J connectivity index is 1.61. The second kappa shape index (κ2) is 9.08. The number of nitrogens with zero attached hydrogens (tertiary/aromatic N) is 2. The zero-order valence-corrected chi connectivity index (χ0v) is 15.7. The monoisotopic (exact) mass is 416 g/mol. The van der Waals surface area contributed by atoms with E-state index < -0.39 is 22.8 Å². The number of nitrogens with one attached hydrogen (secondary N) is 2. The number of carboxylic acids is 1. The van der Waals surface area contributed by atoms with Crippen molar-refractivity contribution in [3.05, 3.63) is 63.9 Å². The third-order valence-electron chi connectivity index (χ3n) is 3.89. The third-order valence-corrected chi connectivity index (χ3v) is 4.65. The van der Waals surface area contributed by atoms with Gasteiger partial charge in [-0.1, -0.05) is 12.1 Å². The Morgan fingerprint density at radius 2 is 2.14 bits per heavy atom. The molecule has 2 aromatic heterocycles. The summed E-state index contributed by atoms with van der Waals surface area (Å²) in [4.78, 5) is 38.2. The standard InChI is InChI=1S/C18H16N4O6S/c23-16(8-14(17(24)25)19-9-13-5-2-6-28-13)21-18-20-15(10-29-18)11-3-1-4-12(7-11)22(26)27/h1-7,10,14,19H,8-9H2,(H,24,25)(H,20,21,23)/t14-/m1/s1. The fraction of sp³-hybridized carbons (Fsp3) is 0.167. The van der Waals surface area contributed by atoms with Crippen LogP contribution in [0.2, 0.25) is 0 Å². The first kappa shape index (κ1) is 20.2. The highest BCUT2D eigenvalue weighted by atomic mass is 32.1. The van der Waals surface area contributed by atoms with Gasteiger partial charge in [0.05, 0.1) is 29.8 Å². The van der Waals surface area contributed by atoms with Crippen molar-refractivity contribution in [2.45, 2.75) is 19.0 Å². The molecule has 0 saturated heterocycles. The van der Waals surface area contributed by atoms with Crippen LogP contribution in [0.15, 0.2) is 52.5 Å². The number of hydrogen-bond acceptors (Lipinski definition) is 8. The van der Waals surface area contributed by atoms with Crippen LogP contribution < -0.4 is 10.6 Å². The van der Waals surface area contributed by atoms with E-state index in [1.165, 1.54) is 18.4 Å². The first-order chi connectivity index (χ1) is 13.9. The van der Waals surface area contributed by atoms with E-state index in [9.17, 15) is 24.8 Å². The predicted molar refractivity (Wildman–Crippen MR) is 104 cm³/mol. The third kappa shape index (κ3) is 5.46. The minimum atomic E-state index is -1.16. The summed E-state index contributed by atoms with van der Waals surface area (Å²) in [5.74, 6) is -1.13. The topological polar surface area (TPSA) is 148 Å². The molecule has 1 amide bonds. The van der Waals surface area contributed by atoms with Crippen LogP contribution in [-0.4, -0.2) is 32.9 Å². The summed E-state index contributed by atoms with van der Waals surface area (Å²) in [6.45, 7) is 0.172. The van der Waals surface area contributed by atoms with Gasteiger partial charge in [0.15, 0.2) is 5.13 Å². The van der Waals surface area contributed by atoms with Gasteiger partial charge >= 0.3 is 5.97 Å². The number of thiazole rings is 1. The maximum absolute atomic E-state index is 12.2. The van der Waals surface area contributed by atoms with E-state index in [1.54, 1.807) is 29.6 Å². The van der Waals surface area contributed by atoms with Crippen LogP contribution >= 0.6 is 11.3 Å². The Hall–Kier alpha value is -3.57. The summed E-state index contributed by atoms with van der Waals surface area (Å²) >= 11 is 1.14. The van der Waals surface area contributed by atoms with Crippen LogP contribution in [0.25, 0.3) is 11.3 Å². The van der Waals surface area contributed by atoms with Gasteiger partial charge < -0.3 is 14.8 Å². The number of rotatable bonds is 9. The molecule has 0 aliphatic heterocycles. The van der Waals surface area contributed by atoms with Crippen molar-refractivity contribution in [3.63, 3.8) is 0 Å². The van der Waals surface area contributed by atoms with Crippen LogP contribution in [0.5, 0.6) is 0 Å². The lowest BCUT2D eigenvalue weighted by atomic mass is 10.1. The van der Waals surface area contributed by atoms with Crippen molar-refractivity contribution in [2.24, 2.45) is 0 Å². The highest BCUT2D eigenvalue weighted by Gasteiger charge is 2.22. The number of aliphatic carboxylic acids is 1. The first-order valence-corrected chi connectivity index (χ1v) is 9.29. The van der Waals surface area contributed by atoms with E-state index in [0.717, 1.165) is 11.3 Å². The number of benzene rings is 1. The molecule has 2 heterocycles. The Kier molecular flexibility index (Phi) is 6.32. The summed E-state index contributed by atoms with van der Waals surface area (Å²) in [6, 6.07) is 8.26. The Morgan fingerprint density at radius 3 is 2.83 bits per heavy atom. The molecule has 3 rings (SSSR count). The summed E-state index contributed by atoms with van der Waals surface area (Å²) in [7, 11) is 0. The maximum Gasteiger partial charge on any atom is 0.321 e. The molecule has 1 atom stereocenters. The Morgan fingerprint density at radius 1 is 1.31 bits per heavy atom. The molecular weight excluding hydrogens is 400 g/mol.